The van der Waals surface area contributed by atoms with Crippen LogP contribution in [-0.4, -0.2) is 16.6 Å². The van der Waals surface area contributed by atoms with Crippen LogP contribution >= 0.6 is 34.7 Å². The molecular formula is C19H15ClN2OS2. The number of halogens is 1. The van der Waals surface area contributed by atoms with Crippen LogP contribution in [0.3, 0.4) is 0 Å². The second-order valence-corrected chi connectivity index (χ2v) is 8.31. The van der Waals surface area contributed by atoms with Crippen molar-refractivity contribution in [2.75, 3.05) is 11.1 Å². The van der Waals surface area contributed by atoms with Crippen LogP contribution in [0.5, 0.6) is 0 Å². The summed E-state index contributed by atoms with van der Waals surface area (Å²) in [7, 11) is 0. The Labute approximate surface area is 159 Å². The number of carbonyl (C=O) groups is 1. The van der Waals surface area contributed by atoms with E-state index in [-0.39, 0.29) is 5.91 Å². The van der Waals surface area contributed by atoms with Crippen LogP contribution in [0.25, 0.3) is 11.3 Å². The van der Waals surface area contributed by atoms with Gasteiger partial charge in [0.25, 0.3) is 0 Å². The maximum absolute atomic E-state index is 12.2. The zero-order chi connectivity index (χ0) is 17.2. The second-order valence-electron chi connectivity index (χ2n) is 5.74. The van der Waals surface area contributed by atoms with Crippen LogP contribution in [0, 0.1) is 0 Å². The summed E-state index contributed by atoms with van der Waals surface area (Å²) in [4.78, 5) is 19.1. The number of rotatable bonds is 4. The van der Waals surface area contributed by atoms with E-state index in [4.69, 9.17) is 11.6 Å². The number of hydrogen-bond acceptors (Lipinski definition) is 4. The molecule has 2 aromatic carbocycles. The maximum atomic E-state index is 12.2. The Bertz CT molecular complexity index is 921. The van der Waals surface area contributed by atoms with Crippen LogP contribution in [0.2, 0.25) is 5.02 Å². The molecule has 1 amide bonds. The lowest BCUT2D eigenvalue weighted by Gasteiger charge is -2.13. The van der Waals surface area contributed by atoms with Crippen LogP contribution in [0.1, 0.15) is 10.4 Å². The second kappa shape index (κ2) is 7.20. The lowest BCUT2D eigenvalue weighted by molar-refractivity contribution is -0.113. The minimum absolute atomic E-state index is 0.0423. The topological polar surface area (TPSA) is 42.0 Å². The normalized spacial score (nSPS) is 12.4. The number of benzene rings is 2. The highest BCUT2D eigenvalue weighted by Crippen LogP contribution is 2.38. The van der Waals surface area contributed by atoms with Crippen molar-refractivity contribution in [3.05, 3.63) is 64.0 Å². The molecule has 3 nitrogen and oxygen atoms in total. The number of nitrogens with one attached hydrogen (secondary N) is 1. The van der Waals surface area contributed by atoms with Gasteiger partial charge in [0.15, 0.2) is 5.13 Å². The summed E-state index contributed by atoms with van der Waals surface area (Å²) < 4.78 is 0. The third-order valence-corrected chi connectivity index (χ3v) is 6.32. The standard InChI is InChI=1S/C19H15ClN2OS2/c20-13-6-8-14(9-7-13)24-11-17(23)21-19-22-18-15-4-2-1-3-12(15)5-10-16(18)25-19/h1-4,6-9H,5,10-11H2,(H,21,22,23). The van der Waals surface area contributed by atoms with Crippen LogP contribution < -0.4 is 5.32 Å². The summed E-state index contributed by atoms with van der Waals surface area (Å²) in [6.45, 7) is 0. The lowest BCUT2D eigenvalue weighted by Crippen LogP contribution is -2.13. The van der Waals surface area contributed by atoms with Crippen molar-refractivity contribution < 1.29 is 4.79 Å². The SMILES string of the molecule is O=C(CSc1ccc(Cl)cc1)Nc1nc2c(s1)CCc1ccccc1-2. The summed E-state index contributed by atoms with van der Waals surface area (Å²) in [5.41, 5.74) is 3.54. The number of amides is 1. The van der Waals surface area contributed by atoms with Gasteiger partial charge in [-0.1, -0.05) is 35.9 Å². The van der Waals surface area contributed by atoms with Gasteiger partial charge in [0, 0.05) is 20.4 Å². The molecule has 0 radical (unpaired) electrons. The quantitative estimate of drug-likeness (QED) is 0.619. The van der Waals surface area contributed by atoms with Crippen molar-refractivity contribution in [3.63, 3.8) is 0 Å². The maximum Gasteiger partial charge on any atom is 0.236 e. The minimum Gasteiger partial charge on any atom is -0.301 e. The number of fused-ring (bicyclic) bond motifs is 3. The van der Waals surface area contributed by atoms with Crippen molar-refractivity contribution in [1.82, 2.24) is 4.98 Å². The highest BCUT2D eigenvalue weighted by molar-refractivity contribution is 8.00. The minimum atomic E-state index is -0.0423. The fourth-order valence-corrected chi connectivity index (χ4v) is 4.65. The monoisotopic (exact) mass is 386 g/mol. The molecule has 0 fully saturated rings. The molecule has 0 saturated carbocycles. The molecule has 0 spiro atoms. The van der Waals surface area contributed by atoms with Crippen LogP contribution in [-0.2, 0) is 17.6 Å². The van der Waals surface area contributed by atoms with E-state index in [2.05, 4.69) is 28.5 Å². The van der Waals surface area contributed by atoms with E-state index >= 15 is 0 Å². The lowest BCUT2D eigenvalue weighted by atomic mass is 9.94. The molecule has 25 heavy (non-hydrogen) atoms. The molecule has 1 N–H and O–H groups in total. The van der Waals surface area contributed by atoms with Gasteiger partial charge in [-0.25, -0.2) is 4.98 Å². The molecule has 1 aliphatic carbocycles. The molecule has 0 unspecified atom stereocenters. The van der Waals surface area contributed by atoms with E-state index in [1.165, 1.54) is 27.8 Å². The molecule has 0 aliphatic heterocycles. The van der Waals surface area contributed by atoms with Gasteiger partial charge in [-0.2, -0.15) is 0 Å². The Morgan fingerprint density at radius 3 is 2.80 bits per heavy atom. The average molecular weight is 387 g/mol. The molecule has 3 aromatic rings. The van der Waals surface area contributed by atoms with Crippen LogP contribution in [0.4, 0.5) is 5.13 Å². The Hall–Kier alpha value is -1.82. The van der Waals surface area contributed by atoms with E-state index in [9.17, 15) is 4.79 Å². The van der Waals surface area contributed by atoms with Gasteiger partial charge >= 0.3 is 0 Å². The molecule has 6 heteroatoms. The first-order valence-corrected chi connectivity index (χ1v) is 10.1. The molecule has 0 bridgehead atoms. The van der Waals surface area contributed by atoms with E-state index in [1.807, 2.05) is 30.3 Å². The largest absolute Gasteiger partial charge is 0.301 e. The highest BCUT2D eigenvalue weighted by atomic mass is 35.5. The third-order valence-electron chi connectivity index (χ3n) is 4.02. The van der Waals surface area contributed by atoms with E-state index in [0.717, 1.165) is 23.4 Å². The van der Waals surface area contributed by atoms with Gasteiger partial charge in [-0.15, -0.1) is 23.1 Å². The summed E-state index contributed by atoms with van der Waals surface area (Å²) in [6.07, 6.45) is 2.02. The number of hydrogen-bond donors (Lipinski definition) is 1. The van der Waals surface area contributed by atoms with Gasteiger partial charge in [0.1, 0.15) is 0 Å². The Kier molecular flexibility index (Phi) is 4.79. The number of thioether (sulfide) groups is 1. The van der Waals surface area contributed by atoms with Crippen molar-refractivity contribution in [2.45, 2.75) is 17.7 Å². The van der Waals surface area contributed by atoms with E-state index < -0.39 is 0 Å². The molecular weight excluding hydrogens is 372 g/mol. The predicted octanol–water partition coefficient (Wildman–Crippen LogP) is 5.29. The zero-order valence-electron chi connectivity index (χ0n) is 13.3. The fraction of sp³-hybridized carbons (Fsp3) is 0.158. The van der Waals surface area contributed by atoms with E-state index in [1.54, 1.807) is 11.3 Å². The molecule has 4 rings (SSSR count). The molecule has 0 atom stereocenters. The number of carbonyl (C=O) groups excluding carboxylic acids is 1. The third kappa shape index (κ3) is 3.73. The van der Waals surface area contributed by atoms with Gasteiger partial charge in [-0.3, -0.25) is 4.79 Å². The first-order chi connectivity index (χ1) is 12.2. The summed E-state index contributed by atoms with van der Waals surface area (Å²) in [5, 5.41) is 4.31. The Morgan fingerprint density at radius 2 is 1.96 bits per heavy atom. The van der Waals surface area contributed by atoms with Crippen molar-refractivity contribution in [2.24, 2.45) is 0 Å². The first-order valence-electron chi connectivity index (χ1n) is 7.95. The summed E-state index contributed by atoms with van der Waals surface area (Å²) in [5.74, 6) is 0.307. The summed E-state index contributed by atoms with van der Waals surface area (Å²) in [6, 6.07) is 15.8. The van der Waals surface area contributed by atoms with Crippen LogP contribution in [0.15, 0.2) is 53.4 Å². The molecule has 126 valence electrons. The molecule has 0 saturated heterocycles. The Balaban J connectivity index is 1.43. The van der Waals surface area contributed by atoms with Crippen molar-refractivity contribution in [3.8, 4) is 11.3 Å². The molecule has 1 aromatic heterocycles. The number of thiazole rings is 1. The fourth-order valence-electron chi connectivity index (χ4n) is 2.84. The molecule has 1 aliphatic rings. The Morgan fingerprint density at radius 1 is 1.16 bits per heavy atom. The first kappa shape index (κ1) is 16.6. The van der Waals surface area contributed by atoms with E-state index in [0.29, 0.717) is 15.9 Å². The smallest absolute Gasteiger partial charge is 0.236 e. The van der Waals surface area contributed by atoms with Gasteiger partial charge < -0.3 is 5.32 Å². The predicted molar refractivity (Wildman–Crippen MR) is 106 cm³/mol. The van der Waals surface area contributed by atoms with Crippen molar-refractivity contribution >= 4 is 45.7 Å². The number of anilines is 1. The zero-order valence-corrected chi connectivity index (χ0v) is 15.7. The van der Waals surface area contributed by atoms with Crippen molar-refractivity contribution in [1.29, 1.82) is 0 Å². The number of aryl methyl sites for hydroxylation is 2. The highest BCUT2D eigenvalue weighted by Gasteiger charge is 2.21. The average Bonchev–Trinajstić information content (AvgIpc) is 3.04. The van der Waals surface area contributed by atoms with Gasteiger partial charge in [-0.05, 0) is 42.7 Å². The number of aromatic nitrogens is 1. The van der Waals surface area contributed by atoms with Gasteiger partial charge in [0.05, 0.1) is 11.4 Å². The molecule has 1 heterocycles. The van der Waals surface area contributed by atoms with Gasteiger partial charge in [0.2, 0.25) is 5.91 Å². The number of nitrogens with zero attached hydrogens (tertiary/aromatic N) is 1. The summed E-state index contributed by atoms with van der Waals surface area (Å²) >= 11 is 8.94.